The molecule has 1 aromatic rings. The number of nitrogen functional groups attached to an aromatic ring is 1. The predicted molar refractivity (Wildman–Crippen MR) is 60.9 cm³/mol. The molecule has 0 unspecified atom stereocenters. The average Bonchev–Trinajstić information content (AvgIpc) is 2.71. The van der Waals surface area contributed by atoms with E-state index in [9.17, 15) is 4.79 Å². The number of aromatic amines is 1. The second kappa shape index (κ2) is 6.06. The molecule has 0 fully saturated rings. The Labute approximate surface area is 94.4 Å². The van der Waals surface area contributed by atoms with Gasteiger partial charge < -0.3 is 16.0 Å². The van der Waals surface area contributed by atoms with E-state index in [-0.39, 0.29) is 17.7 Å². The first-order chi connectivity index (χ1) is 7.67. The third-order valence-electron chi connectivity index (χ3n) is 2.33. The van der Waals surface area contributed by atoms with E-state index in [2.05, 4.69) is 39.2 Å². The molecule has 0 aliphatic rings. The number of nitrogens with zero attached hydrogens (tertiary/aromatic N) is 3. The van der Waals surface area contributed by atoms with Gasteiger partial charge in [-0.1, -0.05) is 13.8 Å². The highest BCUT2D eigenvalue weighted by molar-refractivity contribution is 5.90. The fourth-order valence-electron chi connectivity index (χ4n) is 1.33. The van der Waals surface area contributed by atoms with Gasteiger partial charge in [0.2, 0.25) is 11.8 Å². The number of hydrogen-bond acceptors (Lipinski definition) is 5. The minimum Gasteiger partial charge on any atom is -0.366 e. The molecule has 90 valence electrons. The molecule has 4 N–H and O–H groups in total. The lowest BCUT2D eigenvalue weighted by atomic mass is 10.4. The molecule has 0 spiro atoms. The molecule has 1 heterocycles. The highest BCUT2D eigenvalue weighted by atomic mass is 16.2. The van der Waals surface area contributed by atoms with Crippen molar-refractivity contribution in [2.45, 2.75) is 13.8 Å². The third kappa shape index (κ3) is 3.50. The molecule has 1 aromatic heterocycles. The Bertz CT molecular complexity index is 332. The van der Waals surface area contributed by atoms with Gasteiger partial charge in [-0.2, -0.15) is 4.98 Å². The first-order valence-electron chi connectivity index (χ1n) is 5.35. The van der Waals surface area contributed by atoms with Crippen LogP contribution in [0.1, 0.15) is 24.5 Å². The van der Waals surface area contributed by atoms with E-state index in [1.165, 1.54) is 0 Å². The van der Waals surface area contributed by atoms with Crippen molar-refractivity contribution in [3.8, 4) is 0 Å². The van der Waals surface area contributed by atoms with E-state index in [1.54, 1.807) is 0 Å². The molecule has 0 atom stereocenters. The Morgan fingerprint density at radius 3 is 2.69 bits per heavy atom. The van der Waals surface area contributed by atoms with Crippen LogP contribution in [0, 0.1) is 0 Å². The quantitative estimate of drug-likeness (QED) is 0.605. The van der Waals surface area contributed by atoms with E-state index in [4.69, 9.17) is 5.73 Å². The molecule has 7 heteroatoms. The highest BCUT2D eigenvalue weighted by Gasteiger charge is 2.09. The van der Waals surface area contributed by atoms with E-state index < -0.39 is 0 Å². The lowest BCUT2D eigenvalue weighted by molar-refractivity contribution is 0.0939. The number of rotatable bonds is 6. The van der Waals surface area contributed by atoms with Crippen LogP contribution in [0.3, 0.4) is 0 Å². The minimum absolute atomic E-state index is 0.0777. The Morgan fingerprint density at radius 2 is 2.19 bits per heavy atom. The molecular weight excluding hydrogens is 208 g/mol. The fourth-order valence-corrected chi connectivity index (χ4v) is 1.33. The Kier molecular flexibility index (Phi) is 4.71. The van der Waals surface area contributed by atoms with E-state index >= 15 is 0 Å². The number of carbonyl (C=O) groups excluding carboxylic acids is 1. The number of carbonyl (C=O) groups is 1. The summed E-state index contributed by atoms with van der Waals surface area (Å²) < 4.78 is 0. The molecule has 0 bridgehead atoms. The van der Waals surface area contributed by atoms with Gasteiger partial charge in [-0.3, -0.25) is 9.89 Å². The van der Waals surface area contributed by atoms with Crippen molar-refractivity contribution < 1.29 is 4.79 Å². The van der Waals surface area contributed by atoms with Gasteiger partial charge in [0, 0.05) is 13.1 Å². The van der Waals surface area contributed by atoms with Crippen LogP contribution in [0.4, 0.5) is 5.95 Å². The molecule has 7 nitrogen and oxygen atoms in total. The maximum atomic E-state index is 11.5. The molecule has 0 aromatic carbocycles. The Morgan fingerprint density at radius 1 is 1.50 bits per heavy atom. The lowest BCUT2D eigenvalue weighted by Gasteiger charge is -2.17. The third-order valence-corrected chi connectivity index (χ3v) is 2.33. The van der Waals surface area contributed by atoms with Crippen LogP contribution >= 0.6 is 0 Å². The molecule has 16 heavy (non-hydrogen) atoms. The summed E-state index contributed by atoms with van der Waals surface area (Å²) in [6, 6.07) is 0. The van der Waals surface area contributed by atoms with E-state index in [0.29, 0.717) is 6.54 Å². The van der Waals surface area contributed by atoms with Crippen LogP contribution < -0.4 is 11.1 Å². The average molecular weight is 226 g/mol. The van der Waals surface area contributed by atoms with Crippen molar-refractivity contribution in [3.05, 3.63) is 5.82 Å². The van der Waals surface area contributed by atoms with Crippen molar-refractivity contribution in [2.24, 2.45) is 0 Å². The maximum Gasteiger partial charge on any atom is 0.288 e. The highest BCUT2D eigenvalue weighted by Crippen LogP contribution is 1.92. The molecule has 0 aliphatic heterocycles. The van der Waals surface area contributed by atoms with Gasteiger partial charge in [0.1, 0.15) is 0 Å². The molecule has 0 aliphatic carbocycles. The van der Waals surface area contributed by atoms with Gasteiger partial charge in [-0.15, -0.1) is 5.10 Å². The van der Waals surface area contributed by atoms with E-state index in [0.717, 1.165) is 19.6 Å². The van der Waals surface area contributed by atoms with Crippen LogP contribution in [0.2, 0.25) is 0 Å². The summed E-state index contributed by atoms with van der Waals surface area (Å²) in [5.41, 5.74) is 5.29. The Hall–Kier alpha value is -1.63. The van der Waals surface area contributed by atoms with Crippen molar-refractivity contribution in [1.82, 2.24) is 25.4 Å². The normalized spacial score (nSPS) is 10.7. The topological polar surface area (TPSA) is 99.9 Å². The predicted octanol–water partition coefficient (Wildman–Crippen LogP) is -0.541. The fraction of sp³-hybridized carbons (Fsp3) is 0.667. The minimum atomic E-state index is -0.281. The zero-order valence-corrected chi connectivity index (χ0v) is 9.66. The summed E-state index contributed by atoms with van der Waals surface area (Å²) in [5, 5.41) is 8.78. The summed E-state index contributed by atoms with van der Waals surface area (Å²) in [5.74, 6) is -0.0534. The number of H-pyrrole nitrogens is 1. The van der Waals surface area contributed by atoms with Crippen LogP contribution in [0.15, 0.2) is 0 Å². The number of aromatic nitrogens is 3. The standard InChI is InChI=1S/C9H18N6O/c1-3-15(4-2)6-5-11-8(16)7-12-9(10)14-13-7/h3-6H2,1-2H3,(H,11,16)(H3,10,12,13,14). The van der Waals surface area contributed by atoms with Gasteiger partial charge in [0.25, 0.3) is 5.91 Å². The van der Waals surface area contributed by atoms with E-state index in [1.807, 2.05) is 0 Å². The van der Waals surface area contributed by atoms with Crippen molar-refractivity contribution in [1.29, 1.82) is 0 Å². The van der Waals surface area contributed by atoms with Crippen molar-refractivity contribution in [2.75, 3.05) is 31.9 Å². The number of amides is 1. The van der Waals surface area contributed by atoms with Crippen LogP contribution in [-0.4, -0.2) is 52.2 Å². The zero-order chi connectivity index (χ0) is 12.0. The van der Waals surface area contributed by atoms with Gasteiger partial charge >= 0.3 is 0 Å². The number of likely N-dealkylation sites (N-methyl/N-ethyl adjacent to an activating group) is 1. The van der Waals surface area contributed by atoms with Crippen molar-refractivity contribution >= 4 is 11.9 Å². The summed E-state index contributed by atoms with van der Waals surface area (Å²) in [6.07, 6.45) is 0. The number of anilines is 1. The van der Waals surface area contributed by atoms with Crippen LogP contribution in [-0.2, 0) is 0 Å². The van der Waals surface area contributed by atoms with Crippen LogP contribution in [0.25, 0.3) is 0 Å². The first-order valence-corrected chi connectivity index (χ1v) is 5.35. The molecule has 1 rings (SSSR count). The SMILES string of the molecule is CCN(CC)CCNC(=O)c1nc(N)n[nH]1. The Balaban J connectivity index is 2.30. The maximum absolute atomic E-state index is 11.5. The largest absolute Gasteiger partial charge is 0.366 e. The monoisotopic (exact) mass is 226 g/mol. The molecule has 0 radical (unpaired) electrons. The smallest absolute Gasteiger partial charge is 0.288 e. The van der Waals surface area contributed by atoms with Gasteiger partial charge in [0.15, 0.2) is 0 Å². The lowest BCUT2D eigenvalue weighted by Crippen LogP contribution is -2.35. The molecular formula is C9H18N6O. The second-order valence-corrected chi connectivity index (χ2v) is 3.32. The van der Waals surface area contributed by atoms with Crippen LogP contribution in [0.5, 0.6) is 0 Å². The summed E-state index contributed by atoms with van der Waals surface area (Å²) in [7, 11) is 0. The van der Waals surface area contributed by atoms with Gasteiger partial charge in [-0.25, -0.2) is 0 Å². The van der Waals surface area contributed by atoms with Gasteiger partial charge in [-0.05, 0) is 13.1 Å². The molecule has 1 amide bonds. The first kappa shape index (κ1) is 12.4. The zero-order valence-electron chi connectivity index (χ0n) is 9.66. The summed E-state index contributed by atoms with van der Waals surface area (Å²) >= 11 is 0. The number of hydrogen-bond donors (Lipinski definition) is 3. The second-order valence-electron chi connectivity index (χ2n) is 3.32. The number of nitrogens with two attached hydrogens (primary N) is 1. The molecule has 0 saturated heterocycles. The number of nitrogens with one attached hydrogen (secondary N) is 2. The van der Waals surface area contributed by atoms with Crippen molar-refractivity contribution in [3.63, 3.8) is 0 Å². The van der Waals surface area contributed by atoms with Gasteiger partial charge in [0.05, 0.1) is 0 Å². The molecule has 0 saturated carbocycles. The summed E-state index contributed by atoms with van der Waals surface area (Å²) in [4.78, 5) is 17.4. The summed E-state index contributed by atoms with van der Waals surface area (Å²) in [6.45, 7) is 7.53.